The van der Waals surface area contributed by atoms with Gasteiger partial charge in [0.15, 0.2) is 18.1 Å². The van der Waals surface area contributed by atoms with E-state index in [-0.39, 0.29) is 18.2 Å². The molecule has 32 heavy (non-hydrogen) atoms. The Balaban J connectivity index is 1.92. The van der Waals surface area contributed by atoms with Crippen molar-refractivity contribution in [2.24, 2.45) is 0 Å². The van der Waals surface area contributed by atoms with Crippen LogP contribution >= 0.6 is 22.6 Å². The van der Waals surface area contributed by atoms with Gasteiger partial charge in [0.05, 0.1) is 17.3 Å². The van der Waals surface area contributed by atoms with Gasteiger partial charge in [-0.3, -0.25) is 19.8 Å². The topological polar surface area (TPSA) is 111 Å². The normalized spacial score (nSPS) is 18.5. The largest absolute Gasteiger partial charge is 0.490 e. The van der Waals surface area contributed by atoms with E-state index in [1.165, 1.54) is 18.1 Å². The minimum atomic E-state index is -0.731. The molecular weight excluding hydrogens is 531 g/mol. The van der Waals surface area contributed by atoms with Crippen LogP contribution in [0.4, 0.5) is 4.79 Å². The van der Waals surface area contributed by atoms with Crippen LogP contribution in [0.3, 0.4) is 0 Å². The third-order valence-electron chi connectivity index (χ3n) is 5.28. The van der Waals surface area contributed by atoms with Crippen LogP contribution in [0.5, 0.6) is 11.5 Å². The highest BCUT2D eigenvalue weighted by atomic mass is 127. The zero-order chi connectivity index (χ0) is 23.3. The smallest absolute Gasteiger partial charge is 0.343 e. The molecule has 10 heteroatoms. The minimum Gasteiger partial charge on any atom is -0.490 e. The summed E-state index contributed by atoms with van der Waals surface area (Å²) in [5.74, 6) is -1.14. The molecule has 1 aliphatic heterocycles. The van der Waals surface area contributed by atoms with E-state index >= 15 is 0 Å². The lowest BCUT2D eigenvalue weighted by Gasteiger charge is -2.35. The quantitative estimate of drug-likeness (QED) is 0.238. The molecular formula is C22H25IN2O7. The Kier molecular flexibility index (Phi) is 8.10. The van der Waals surface area contributed by atoms with Gasteiger partial charge in [-0.05, 0) is 66.1 Å². The van der Waals surface area contributed by atoms with Gasteiger partial charge in [-0.2, -0.15) is 0 Å². The minimum absolute atomic E-state index is 0.114. The molecule has 0 aromatic heterocycles. The molecule has 9 nitrogen and oxygen atoms in total. The lowest BCUT2D eigenvalue weighted by Crippen LogP contribution is -2.58. The van der Waals surface area contributed by atoms with Crippen molar-refractivity contribution in [2.75, 3.05) is 20.3 Å². The molecule has 1 heterocycles. The van der Waals surface area contributed by atoms with E-state index in [9.17, 15) is 19.2 Å². The number of nitrogens with one attached hydrogen (secondary N) is 1. The van der Waals surface area contributed by atoms with Crippen LogP contribution in [0.15, 0.2) is 17.7 Å². The molecule has 1 aromatic rings. The van der Waals surface area contributed by atoms with Crippen molar-refractivity contribution < 1.29 is 33.4 Å². The average molecular weight is 556 g/mol. The van der Waals surface area contributed by atoms with Crippen LogP contribution in [-0.2, 0) is 19.1 Å². The van der Waals surface area contributed by atoms with Crippen LogP contribution in [0.1, 0.15) is 44.6 Å². The Morgan fingerprint density at radius 1 is 1.19 bits per heavy atom. The molecule has 1 aromatic carbocycles. The third kappa shape index (κ3) is 5.40. The van der Waals surface area contributed by atoms with Gasteiger partial charge in [-0.15, -0.1) is 0 Å². The fraction of sp³-hybridized carbons (Fsp3) is 0.455. The van der Waals surface area contributed by atoms with Crippen molar-refractivity contribution in [1.82, 2.24) is 10.2 Å². The molecule has 0 radical (unpaired) electrons. The second-order valence-corrected chi connectivity index (χ2v) is 8.57. The number of carbonyl (C=O) groups excluding carboxylic acids is 4. The first kappa shape index (κ1) is 24.0. The fourth-order valence-electron chi connectivity index (χ4n) is 3.77. The predicted molar refractivity (Wildman–Crippen MR) is 123 cm³/mol. The van der Waals surface area contributed by atoms with Gasteiger partial charge < -0.3 is 14.2 Å². The van der Waals surface area contributed by atoms with Gasteiger partial charge in [0.1, 0.15) is 5.57 Å². The molecule has 1 aliphatic carbocycles. The summed E-state index contributed by atoms with van der Waals surface area (Å²) in [5, 5.41) is 2.28. The Labute approximate surface area is 199 Å². The summed E-state index contributed by atoms with van der Waals surface area (Å²) in [6.07, 6.45) is 5.87. The van der Waals surface area contributed by atoms with Crippen molar-refractivity contribution in [3.8, 4) is 11.5 Å². The van der Waals surface area contributed by atoms with Crippen LogP contribution in [0.25, 0.3) is 6.08 Å². The number of halogens is 1. The lowest BCUT2D eigenvalue weighted by molar-refractivity contribution is -0.143. The highest BCUT2D eigenvalue weighted by molar-refractivity contribution is 14.1. The molecule has 3 rings (SSSR count). The van der Waals surface area contributed by atoms with Crippen LogP contribution in [0, 0.1) is 3.57 Å². The monoisotopic (exact) mass is 556 g/mol. The number of esters is 1. The molecule has 0 spiro atoms. The van der Waals surface area contributed by atoms with Crippen molar-refractivity contribution in [3.05, 3.63) is 26.8 Å². The number of imide groups is 2. The lowest BCUT2D eigenvalue weighted by atomic mass is 9.93. The van der Waals surface area contributed by atoms with E-state index in [2.05, 4.69) is 10.1 Å². The van der Waals surface area contributed by atoms with Crippen molar-refractivity contribution in [2.45, 2.75) is 45.1 Å². The number of ether oxygens (including phenoxy) is 3. The molecule has 1 saturated heterocycles. The van der Waals surface area contributed by atoms with Gasteiger partial charge in [0.25, 0.3) is 11.8 Å². The summed E-state index contributed by atoms with van der Waals surface area (Å²) < 4.78 is 16.4. The summed E-state index contributed by atoms with van der Waals surface area (Å²) >= 11 is 2.02. The fourth-order valence-corrected chi connectivity index (χ4v) is 4.55. The molecule has 2 aliphatic rings. The Hall–Kier alpha value is -2.63. The zero-order valence-electron chi connectivity index (χ0n) is 17.9. The zero-order valence-corrected chi connectivity index (χ0v) is 20.1. The number of methoxy groups -OCH3 is 1. The number of hydrogen-bond donors (Lipinski definition) is 1. The second kappa shape index (κ2) is 10.8. The first-order chi connectivity index (χ1) is 15.3. The average Bonchev–Trinajstić information content (AvgIpc) is 2.76. The third-order valence-corrected chi connectivity index (χ3v) is 6.08. The molecule has 0 bridgehead atoms. The van der Waals surface area contributed by atoms with Crippen molar-refractivity contribution >= 4 is 52.5 Å². The Morgan fingerprint density at radius 3 is 2.56 bits per heavy atom. The number of barbiturate groups is 1. The molecule has 172 valence electrons. The number of benzene rings is 1. The Bertz CT molecular complexity index is 954. The number of carbonyl (C=O) groups is 4. The first-order valence-corrected chi connectivity index (χ1v) is 11.5. The van der Waals surface area contributed by atoms with Crippen molar-refractivity contribution in [1.29, 1.82) is 0 Å². The number of hydrogen-bond acceptors (Lipinski definition) is 7. The highest BCUT2D eigenvalue weighted by Gasteiger charge is 2.40. The van der Waals surface area contributed by atoms with E-state index < -0.39 is 23.8 Å². The van der Waals surface area contributed by atoms with E-state index in [1.54, 1.807) is 19.1 Å². The van der Waals surface area contributed by atoms with Crippen LogP contribution in [0.2, 0.25) is 0 Å². The second-order valence-electron chi connectivity index (χ2n) is 7.41. The molecule has 0 unspecified atom stereocenters. The highest BCUT2D eigenvalue weighted by Crippen LogP contribution is 2.35. The van der Waals surface area contributed by atoms with E-state index in [4.69, 9.17) is 9.47 Å². The number of nitrogens with zero attached hydrogens (tertiary/aromatic N) is 1. The maximum Gasteiger partial charge on any atom is 0.343 e. The van der Waals surface area contributed by atoms with Gasteiger partial charge in [0.2, 0.25) is 0 Å². The molecule has 4 amide bonds. The molecule has 1 saturated carbocycles. The van der Waals surface area contributed by atoms with Crippen LogP contribution in [-0.4, -0.2) is 55.1 Å². The number of rotatable bonds is 7. The summed E-state index contributed by atoms with van der Waals surface area (Å²) in [4.78, 5) is 50.5. The molecule has 1 N–H and O–H groups in total. The maximum absolute atomic E-state index is 13.1. The molecule has 0 atom stereocenters. The first-order valence-electron chi connectivity index (χ1n) is 10.4. The van der Waals surface area contributed by atoms with E-state index in [0.717, 1.165) is 32.1 Å². The Morgan fingerprint density at radius 2 is 1.91 bits per heavy atom. The summed E-state index contributed by atoms with van der Waals surface area (Å²) in [5.41, 5.74) is 0.413. The van der Waals surface area contributed by atoms with Gasteiger partial charge in [0, 0.05) is 6.04 Å². The van der Waals surface area contributed by atoms with E-state index in [1.807, 2.05) is 22.6 Å². The maximum atomic E-state index is 13.1. The summed E-state index contributed by atoms with van der Waals surface area (Å²) in [7, 11) is 1.27. The van der Waals surface area contributed by atoms with E-state index in [0.29, 0.717) is 27.2 Å². The summed E-state index contributed by atoms with van der Waals surface area (Å²) in [6.45, 7) is 1.86. The molecule has 2 fully saturated rings. The van der Waals surface area contributed by atoms with Gasteiger partial charge in [-0.1, -0.05) is 19.3 Å². The number of urea groups is 1. The van der Waals surface area contributed by atoms with Gasteiger partial charge in [-0.25, -0.2) is 9.59 Å². The van der Waals surface area contributed by atoms with Gasteiger partial charge >= 0.3 is 12.0 Å². The number of amides is 4. The van der Waals surface area contributed by atoms with Crippen molar-refractivity contribution in [3.63, 3.8) is 0 Å². The SMILES string of the molecule is CCOc1cc(C=C2C(=O)NC(=O)N(C3CCCCC3)C2=O)cc(I)c1OCC(=O)OC. The summed E-state index contributed by atoms with van der Waals surface area (Å²) in [6, 6.07) is 2.44. The van der Waals surface area contributed by atoms with Crippen LogP contribution < -0.4 is 14.8 Å². The predicted octanol–water partition coefficient (Wildman–Crippen LogP) is 3.04. The standard InChI is InChI=1S/C22H25IN2O7/c1-3-31-17-11-13(10-16(23)19(17)32-12-18(26)30-2)9-15-20(27)24-22(29)25(21(15)28)14-7-5-4-6-8-14/h9-11,14H,3-8,12H2,1-2H3,(H,24,27,29).